The standard InChI is InChI=1S/C10H21N3O3/c1-15-6-4-11-2-3-13-10(14)9-8-16-7-5-12-9/h9,11-12H,2-8H2,1H3,(H,13,14). The van der Waals surface area contributed by atoms with E-state index in [0.717, 1.165) is 19.6 Å². The summed E-state index contributed by atoms with van der Waals surface area (Å²) in [5, 5.41) is 9.10. The van der Waals surface area contributed by atoms with Crippen molar-refractivity contribution in [2.45, 2.75) is 6.04 Å². The SMILES string of the molecule is COCCNCCNC(=O)C1COCCN1. The first kappa shape index (κ1) is 13.4. The molecule has 0 aromatic carbocycles. The second kappa shape index (κ2) is 8.46. The molecule has 1 amide bonds. The van der Waals surface area contributed by atoms with E-state index in [4.69, 9.17) is 9.47 Å². The minimum absolute atomic E-state index is 0.00763. The zero-order valence-corrected chi connectivity index (χ0v) is 9.75. The molecule has 1 aliphatic rings. The minimum atomic E-state index is -0.201. The molecular weight excluding hydrogens is 210 g/mol. The zero-order chi connectivity index (χ0) is 11.6. The summed E-state index contributed by atoms with van der Waals surface area (Å²) < 4.78 is 10.1. The number of carbonyl (C=O) groups excluding carboxylic acids is 1. The summed E-state index contributed by atoms with van der Waals surface area (Å²) in [5.41, 5.74) is 0. The summed E-state index contributed by atoms with van der Waals surface area (Å²) in [6, 6.07) is -0.201. The third kappa shape index (κ3) is 5.41. The van der Waals surface area contributed by atoms with E-state index in [0.29, 0.717) is 26.4 Å². The van der Waals surface area contributed by atoms with Gasteiger partial charge in [0.25, 0.3) is 0 Å². The first-order chi connectivity index (χ1) is 7.84. The van der Waals surface area contributed by atoms with E-state index in [1.165, 1.54) is 0 Å². The molecule has 6 nitrogen and oxygen atoms in total. The highest BCUT2D eigenvalue weighted by Gasteiger charge is 2.20. The van der Waals surface area contributed by atoms with Gasteiger partial charge in [0, 0.05) is 33.3 Å². The maximum atomic E-state index is 11.6. The Kier molecular flexibility index (Phi) is 7.07. The Morgan fingerprint density at radius 1 is 1.50 bits per heavy atom. The fourth-order valence-corrected chi connectivity index (χ4v) is 1.43. The predicted molar refractivity (Wildman–Crippen MR) is 60.4 cm³/mol. The quantitative estimate of drug-likeness (QED) is 0.457. The van der Waals surface area contributed by atoms with Crippen LogP contribution in [0.4, 0.5) is 0 Å². The minimum Gasteiger partial charge on any atom is -0.383 e. The lowest BCUT2D eigenvalue weighted by Gasteiger charge is -2.22. The van der Waals surface area contributed by atoms with Crippen LogP contribution in [-0.2, 0) is 14.3 Å². The van der Waals surface area contributed by atoms with E-state index in [1.807, 2.05) is 0 Å². The van der Waals surface area contributed by atoms with Gasteiger partial charge in [-0.15, -0.1) is 0 Å². The second-order valence-electron chi connectivity index (χ2n) is 3.62. The summed E-state index contributed by atoms with van der Waals surface area (Å²) >= 11 is 0. The zero-order valence-electron chi connectivity index (χ0n) is 9.75. The van der Waals surface area contributed by atoms with Crippen molar-refractivity contribution in [1.29, 1.82) is 0 Å². The van der Waals surface area contributed by atoms with Crippen LogP contribution in [0.25, 0.3) is 0 Å². The molecule has 1 fully saturated rings. The molecule has 0 bridgehead atoms. The van der Waals surface area contributed by atoms with Crippen LogP contribution >= 0.6 is 0 Å². The largest absolute Gasteiger partial charge is 0.383 e. The van der Waals surface area contributed by atoms with Crippen molar-refractivity contribution >= 4 is 5.91 Å². The first-order valence-electron chi connectivity index (χ1n) is 5.63. The summed E-state index contributed by atoms with van der Waals surface area (Å²) in [6.45, 7) is 4.75. The van der Waals surface area contributed by atoms with Gasteiger partial charge in [-0.2, -0.15) is 0 Å². The number of carbonyl (C=O) groups is 1. The second-order valence-corrected chi connectivity index (χ2v) is 3.62. The van der Waals surface area contributed by atoms with Gasteiger partial charge < -0.3 is 25.4 Å². The van der Waals surface area contributed by atoms with Crippen molar-refractivity contribution < 1.29 is 14.3 Å². The molecule has 6 heteroatoms. The molecule has 0 radical (unpaired) electrons. The van der Waals surface area contributed by atoms with Crippen LogP contribution < -0.4 is 16.0 Å². The highest BCUT2D eigenvalue weighted by molar-refractivity contribution is 5.81. The van der Waals surface area contributed by atoms with Crippen LogP contribution in [0.2, 0.25) is 0 Å². The van der Waals surface area contributed by atoms with Gasteiger partial charge in [0.05, 0.1) is 19.8 Å². The van der Waals surface area contributed by atoms with Crippen LogP contribution in [0, 0.1) is 0 Å². The molecule has 0 aliphatic carbocycles. The molecule has 1 atom stereocenters. The normalized spacial score (nSPS) is 20.7. The Bertz CT molecular complexity index is 196. The fourth-order valence-electron chi connectivity index (χ4n) is 1.43. The first-order valence-corrected chi connectivity index (χ1v) is 5.63. The van der Waals surface area contributed by atoms with Crippen molar-refractivity contribution in [3.8, 4) is 0 Å². The lowest BCUT2D eigenvalue weighted by atomic mass is 10.2. The maximum Gasteiger partial charge on any atom is 0.239 e. The number of rotatable bonds is 7. The summed E-state index contributed by atoms with van der Waals surface area (Å²) in [6.07, 6.45) is 0. The van der Waals surface area contributed by atoms with Gasteiger partial charge in [0.2, 0.25) is 5.91 Å². The van der Waals surface area contributed by atoms with Crippen LogP contribution in [-0.4, -0.2) is 65.1 Å². The number of methoxy groups -OCH3 is 1. The Morgan fingerprint density at radius 3 is 3.06 bits per heavy atom. The molecule has 1 unspecified atom stereocenters. The number of amides is 1. The van der Waals surface area contributed by atoms with Crippen LogP contribution in [0.1, 0.15) is 0 Å². The molecule has 16 heavy (non-hydrogen) atoms. The smallest absolute Gasteiger partial charge is 0.239 e. The van der Waals surface area contributed by atoms with E-state index >= 15 is 0 Å². The molecule has 3 N–H and O–H groups in total. The highest BCUT2D eigenvalue weighted by atomic mass is 16.5. The molecule has 1 saturated heterocycles. The van der Waals surface area contributed by atoms with Gasteiger partial charge in [-0.25, -0.2) is 0 Å². The van der Waals surface area contributed by atoms with Gasteiger partial charge in [-0.1, -0.05) is 0 Å². The van der Waals surface area contributed by atoms with Crippen LogP contribution in [0.5, 0.6) is 0 Å². The number of morpholine rings is 1. The maximum absolute atomic E-state index is 11.6. The van der Waals surface area contributed by atoms with Gasteiger partial charge >= 0.3 is 0 Å². The van der Waals surface area contributed by atoms with Crippen molar-refractivity contribution in [2.75, 3.05) is 53.1 Å². The van der Waals surface area contributed by atoms with Crippen molar-refractivity contribution in [3.63, 3.8) is 0 Å². The third-order valence-corrected chi connectivity index (χ3v) is 2.32. The van der Waals surface area contributed by atoms with Crippen molar-refractivity contribution in [1.82, 2.24) is 16.0 Å². The number of hydrogen-bond donors (Lipinski definition) is 3. The van der Waals surface area contributed by atoms with E-state index in [-0.39, 0.29) is 11.9 Å². The van der Waals surface area contributed by atoms with Gasteiger partial charge in [0.1, 0.15) is 6.04 Å². The Morgan fingerprint density at radius 2 is 2.38 bits per heavy atom. The van der Waals surface area contributed by atoms with Gasteiger partial charge in [-0.3, -0.25) is 4.79 Å². The summed E-state index contributed by atoms with van der Waals surface area (Å²) in [7, 11) is 1.66. The lowest BCUT2D eigenvalue weighted by molar-refractivity contribution is -0.125. The van der Waals surface area contributed by atoms with Gasteiger partial charge in [0.15, 0.2) is 0 Å². The Hall–Kier alpha value is -0.690. The molecular formula is C10H21N3O3. The molecule has 0 aromatic heterocycles. The average Bonchev–Trinajstić information content (AvgIpc) is 2.34. The number of ether oxygens (including phenoxy) is 2. The van der Waals surface area contributed by atoms with Crippen molar-refractivity contribution in [3.05, 3.63) is 0 Å². The van der Waals surface area contributed by atoms with E-state index < -0.39 is 0 Å². The molecule has 1 rings (SSSR count). The topological polar surface area (TPSA) is 71.6 Å². The van der Waals surface area contributed by atoms with Crippen LogP contribution in [0.15, 0.2) is 0 Å². The molecule has 1 heterocycles. The third-order valence-electron chi connectivity index (χ3n) is 2.32. The molecule has 1 aliphatic heterocycles. The monoisotopic (exact) mass is 231 g/mol. The predicted octanol–water partition coefficient (Wildman–Crippen LogP) is -1.67. The highest BCUT2D eigenvalue weighted by Crippen LogP contribution is 1.92. The Balaban J connectivity index is 1.97. The van der Waals surface area contributed by atoms with E-state index in [2.05, 4.69) is 16.0 Å². The van der Waals surface area contributed by atoms with Crippen molar-refractivity contribution in [2.24, 2.45) is 0 Å². The molecule has 0 aromatic rings. The van der Waals surface area contributed by atoms with Gasteiger partial charge in [-0.05, 0) is 0 Å². The number of hydrogen-bond acceptors (Lipinski definition) is 5. The summed E-state index contributed by atoms with van der Waals surface area (Å²) in [5.74, 6) is 0.00763. The average molecular weight is 231 g/mol. The molecule has 0 spiro atoms. The Labute approximate surface area is 96.1 Å². The summed E-state index contributed by atoms with van der Waals surface area (Å²) in [4.78, 5) is 11.6. The molecule has 94 valence electrons. The van der Waals surface area contributed by atoms with Crippen LogP contribution in [0.3, 0.4) is 0 Å². The molecule has 0 saturated carbocycles. The lowest BCUT2D eigenvalue weighted by Crippen LogP contribution is -2.52. The van der Waals surface area contributed by atoms with E-state index in [9.17, 15) is 4.79 Å². The number of nitrogens with one attached hydrogen (secondary N) is 3. The fraction of sp³-hybridized carbons (Fsp3) is 0.900. The van der Waals surface area contributed by atoms with E-state index in [1.54, 1.807) is 7.11 Å².